The second-order valence-corrected chi connectivity index (χ2v) is 2.75. The molecule has 11 heavy (non-hydrogen) atoms. The van der Waals surface area contributed by atoms with Crippen LogP contribution in [0.4, 0.5) is 0 Å². The molecular formula is C9H21NO. The summed E-state index contributed by atoms with van der Waals surface area (Å²) in [6.45, 7) is 4.00. The average Bonchev–Trinajstić information content (AvgIpc) is 2.09. The van der Waals surface area contributed by atoms with E-state index in [2.05, 4.69) is 5.32 Å². The van der Waals surface area contributed by atoms with Gasteiger partial charge >= 0.3 is 0 Å². The average molecular weight is 159 g/mol. The van der Waals surface area contributed by atoms with Crippen LogP contribution in [-0.4, -0.2) is 24.3 Å². The fraction of sp³-hybridized carbons (Fsp3) is 1.00. The maximum atomic E-state index is 9.31. The van der Waals surface area contributed by atoms with E-state index < -0.39 is 0 Å². The molecule has 0 aromatic rings. The van der Waals surface area contributed by atoms with Gasteiger partial charge in [-0.05, 0) is 19.9 Å². The van der Waals surface area contributed by atoms with Gasteiger partial charge in [-0.15, -0.1) is 0 Å². The van der Waals surface area contributed by atoms with Crippen LogP contribution in [0.15, 0.2) is 0 Å². The summed E-state index contributed by atoms with van der Waals surface area (Å²) in [6.07, 6.45) is 4.48. The molecule has 0 amide bonds. The molecule has 0 bridgehead atoms. The maximum Gasteiger partial charge on any atom is 0.0693 e. The third-order valence-corrected chi connectivity index (χ3v) is 2.10. The minimum Gasteiger partial charge on any atom is -0.392 e. The van der Waals surface area contributed by atoms with Gasteiger partial charge in [0.2, 0.25) is 0 Å². The van der Waals surface area contributed by atoms with Gasteiger partial charge in [-0.2, -0.15) is 0 Å². The molecule has 0 aromatic heterocycles. The summed E-state index contributed by atoms with van der Waals surface area (Å²) >= 11 is 0. The van der Waals surface area contributed by atoms with Crippen molar-refractivity contribution in [3.63, 3.8) is 0 Å². The van der Waals surface area contributed by atoms with Crippen molar-refractivity contribution in [1.82, 2.24) is 5.32 Å². The van der Waals surface area contributed by atoms with Gasteiger partial charge in [0.15, 0.2) is 0 Å². The van der Waals surface area contributed by atoms with Crippen LogP contribution in [0.2, 0.25) is 0 Å². The molecule has 0 spiro atoms. The molecule has 1 aliphatic carbocycles. The van der Waals surface area contributed by atoms with Crippen LogP contribution in [0.3, 0.4) is 0 Å². The Labute approximate surface area is 70.0 Å². The monoisotopic (exact) mass is 159 g/mol. The number of rotatable bonds is 1. The Balaban J connectivity index is 0.000000461. The van der Waals surface area contributed by atoms with Gasteiger partial charge in [-0.25, -0.2) is 0 Å². The lowest BCUT2D eigenvalue weighted by atomic mass is 9.93. The second kappa shape index (κ2) is 6.62. The van der Waals surface area contributed by atoms with Crippen LogP contribution in [0.1, 0.15) is 39.5 Å². The molecule has 0 unspecified atom stereocenters. The normalized spacial score (nSPS) is 30.5. The molecule has 2 heteroatoms. The first kappa shape index (κ1) is 10.9. The first-order chi connectivity index (χ1) is 5.34. The number of aliphatic hydroxyl groups is 1. The Hall–Kier alpha value is -0.0800. The zero-order valence-electron chi connectivity index (χ0n) is 7.93. The maximum absolute atomic E-state index is 9.31. The first-order valence-electron chi connectivity index (χ1n) is 4.70. The molecule has 0 saturated heterocycles. The van der Waals surface area contributed by atoms with E-state index in [0.717, 1.165) is 12.8 Å². The predicted molar refractivity (Wildman–Crippen MR) is 48.7 cm³/mol. The molecule has 0 radical (unpaired) electrons. The van der Waals surface area contributed by atoms with E-state index in [0.29, 0.717) is 6.04 Å². The number of aliphatic hydroxyl groups excluding tert-OH is 1. The molecule has 1 saturated carbocycles. The Morgan fingerprint density at radius 1 is 1.18 bits per heavy atom. The third kappa shape index (κ3) is 3.73. The van der Waals surface area contributed by atoms with Gasteiger partial charge in [0, 0.05) is 6.04 Å². The lowest BCUT2D eigenvalue weighted by Crippen LogP contribution is -2.39. The summed E-state index contributed by atoms with van der Waals surface area (Å²) in [5.74, 6) is 0. The highest BCUT2D eigenvalue weighted by Crippen LogP contribution is 2.17. The molecule has 2 nitrogen and oxygen atoms in total. The molecular weight excluding hydrogens is 138 g/mol. The second-order valence-electron chi connectivity index (χ2n) is 2.75. The van der Waals surface area contributed by atoms with E-state index in [1.807, 2.05) is 20.9 Å². The molecule has 1 rings (SSSR count). The molecule has 1 fully saturated rings. The lowest BCUT2D eigenvalue weighted by molar-refractivity contribution is 0.0948. The zero-order valence-corrected chi connectivity index (χ0v) is 7.93. The van der Waals surface area contributed by atoms with Crippen LogP contribution in [0.25, 0.3) is 0 Å². The van der Waals surface area contributed by atoms with E-state index in [4.69, 9.17) is 0 Å². The van der Waals surface area contributed by atoms with Crippen molar-refractivity contribution in [3.8, 4) is 0 Å². The summed E-state index contributed by atoms with van der Waals surface area (Å²) in [5, 5.41) is 12.4. The van der Waals surface area contributed by atoms with E-state index in [1.165, 1.54) is 12.8 Å². The standard InChI is InChI=1S/C7H15NO.C2H6/c1-8-6-4-2-3-5-7(6)9;1-2/h6-9H,2-5H2,1H3;1-2H3/t6-,7-;/m0./s1. The van der Waals surface area contributed by atoms with Crippen LogP contribution in [0.5, 0.6) is 0 Å². The zero-order chi connectivity index (χ0) is 8.69. The third-order valence-electron chi connectivity index (χ3n) is 2.10. The molecule has 0 aliphatic heterocycles. The van der Waals surface area contributed by atoms with Crippen LogP contribution < -0.4 is 5.32 Å². The lowest BCUT2D eigenvalue weighted by Gasteiger charge is -2.26. The highest BCUT2D eigenvalue weighted by atomic mass is 16.3. The van der Waals surface area contributed by atoms with Gasteiger partial charge in [0.25, 0.3) is 0 Å². The summed E-state index contributed by atoms with van der Waals surface area (Å²) in [6, 6.07) is 0.360. The fourth-order valence-electron chi connectivity index (χ4n) is 1.45. The van der Waals surface area contributed by atoms with E-state index >= 15 is 0 Å². The minimum absolute atomic E-state index is 0.0938. The van der Waals surface area contributed by atoms with Crippen LogP contribution in [-0.2, 0) is 0 Å². The van der Waals surface area contributed by atoms with E-state index in [1.54, 1.807) is 0 Å². The Morgan fingerprint density at radius 3 is 2.09 bits per heavy atom. The SMILES string of the molecule is CC.CN[C@H]1CCCC[C@@H]1O. The van der Waals surface area contributed by atoms with Crippen molar-refractivity contribution in [2.75, 3.05) is 7.05 Å². The summed E-state index contributed by atoms with van der Waals surface area (Å²) in [7, 11) is 1.92. The predicted octanol–water partition coefficient (Wildman–Crippen LogP) is 1.54. The summed E-state index contributed by atoms with van der Waals surface area (Å²) in [5.41, 5.74) is 0. The van der Waals surface area contributed by atoms with Crippen molar-refractivity contribution in [2.45, 2.75) is 51.7 Å². The Bertz CT molecular complexity index is 85.6. The molecule has 0 heterocycles. The Kier molecular flexibility index (Phi) is 6.57. The molecule has 68 valence electrons. The largest absolute Gasteiger partial charge is 0.392 e. The van der Waals surface area contributed by atoms with Crippen molar-refractivity contribution >= 4 is 0 Å². The number of nitrogens with one attached hydrogen (secondary N) is 1. The summed E-state index contributed by atoms with van der Waals surface area (Å²) < 4.78 is 0. The minimum atomic E-state index is -0.0938. The van der Waals surface area contributed by atoms with Crippen LogP contribution >= 0.6 is 0 Å². The van der Waals surface area contributed by atoms with Gasteiger partial charge < -0.3 is 10.4 Å². The summed E-state index contributed by atoms with van der Waals surface area (Å²) in [4.78, 5) is 0. The smallest absolute Gasteiger partial charge is 0.0693 e. The molecule has 2 N–H and O–H groups in total. The number of hydrogen-bond acceptors (Lipinski definition) is 2. The van der Waals surface area contributed by atoms with Gasteiger partial charge in [0.1, 0.15) is 0 Å². The Morgan fingerprint density at radius 2 is 1.73 bits per heavy atom. The molecule has 1 aliphatic rings. The molecule has 0 aromatic carbocycles. The topological polar surface area (TPSA) is 32.3 Å². The van der Waals surface area contributed by atoms with Gasteiger partial charge in [-0.3, -0.25) is 0 Å². The number of likely N-dealkylation sites (N-methyl/N-ethyl adjacent to an activating group) is 1. The first-order valence-corrected chi connectivity index (χ1v) is 4.70. The fourth-order valence-corrected chi connectivity index (χ4v) is 1.45. The van der Waals surface area contributed by atoms with E-state index in [9.17, 15) is 5.11 Å². The van der Waals surface area contributed by atoms with Crippen molar-refractivity contribution in [1.29, 1.82) is 0 Å². The highest BCUT2D eigenvalue weighted by molar-refractivity contribution is 4.78. The van der Waals surface area contributed by atoms with Crippen molar-refractivity contribution in [2.24, 2.45) is 0 Å². The van der Waals surface area contributed by atoms with Gasteiger partial charge in [0.05, 0.1) is 6.10 Å². The quantitative estimate of drug-likeness (QED) is 0.608. The van der Waals surface area contributed by atoms with Gasteiger partial charge in [-0.1, -0.05) is 26.7 Å². The molecule has 2 atom stereocenters. The van der Waals surface area contributed by atoms with E-state index in [-0.39, 0.29) is 6.10 Å². The van der Waals surface area contributed by atoms with Crippen LogP contribution in [0, 0.1) is 0 Å². The number of hydrogen-bond donors (Lipinski definition) is 2. The van der Waals surface area contributed by atoms with Crippen molar-refractivity contribution in [3.05, 3.63) is 0 Å². The van der Waals surface area contributed by atoms with Crippen molar-refractivity contribution < 1.29 is 5.11 Å². The highest BCUT2D eigenvalue weighted by Gasteiger charge is 2.20.